The van der Waals surface area contributed by atoms with Crippen LogP contribution in [-0.2, 0) is 6.54 Å². The van der Waals surface area contributed by atoms with Gasteiger partial charge < -0.3 is 10.4 Å². The zero-order chi connectivity index (χ0) is 14.8. The molecule has 0 spiro atoms. The van der Waals surface area contributed by atoms with Gasteiger partial charge in [0.05, 0.1) is 14.7 Å². The summed E-state index contributed by atoms with van der Waals surface area (Å²) in [6.45, 7) is 8.89. The van der Waals surface area contributed by atoms with Crippen molar-refractivity contribution in [3.63, 3.8) is 0 Å². The minimum absolute atomic E-state index is 0.164. The zero-order valence-electron chi connectivity index (χ0n) is 13.2. The highest BCUT2D eigenvalue weighted by Gasteiger charge is 2.30. The molecular weight excluding hydrogens is 262 g/mol. The minimum Gasteiger partial charge on any atom is -0.392 e. The van der Waals surface area contributed by atoms with Gasteiger partial charge in [-0.15, -0.1) is 0 Å². The van der Waals surface area contributed by atoms with Gasteiger partial charge in [-0.3, -0.25) is 0 Å². The second-order valence-electron chi connectivity index (χ2n) is 5.34. The molecule has 1 aromatic rings. The van der Waals surface area contributed by atoms with Gasteiger partial charge in [0.25, 0.3) is 0 Å². The zero-order valence-corrected chi connectivity index (χ0v) is 14.2. The van der Waals surface area contributed by atoms with E-state index in [1.807, 2.05) is 6.07 Å². The molecule has 0 saturated carbocycles. The van der Waals surface area contributed by atoms with E-state index in [1.165, 1.54) is 28.9 Å². The summed E-state index contributed by atoms with van der Waals surface area (Å²) in [6, 6.07) is 14.3. The van der Waals surface area contributed by atoms with Gasteiger partial charge in [0.15, 0.2) is 0 Å². The van der Waals surface area contributed by atoms with Gasteiger partial charge in [0, 0.05) is 13.1 Å². The highest BCUT2D eigenvalue weighted by atomic mass is 28.3. The molecule has 0 aromatic heterocycles. The molecule has 20 heavy (non-hydrogen) atoms. The lowest BCUT2D eigenvalue weighted by Crippen LogP contribution is -2.39. The largest absolute Gasteiger partial charge is 0.392 e. The van der Waals surface area contributed by atoms with Crippen molar-refractivity contribution in [2.24, 2.45) is 0 Å². The molecule has 0 heterocycles. The molecule has 2 N–H and O–H groups in total. The van der Waals surface area contributed by atoms with E-state index in [2.05, 4.69) is 56.4 Å². The van der Waals surface area contributed by atoms with Gasteiger partial charge in [-0.1, -0.05) is 80.5 Å². The molecule has 0 unspecified atom stereocenters. The monoisotopic (exact) mass is 291 g/mol. The molecule has 0 radical (unpaired) electrons. The Bertz CT molecular complexity index is 390. The topological polar surface area (TPSA) is 32.3 Å². The molecule has 112 valence electrons. The van der Waals surface area contributed by atoms with Crippen molar-refractivity contribution in [2.75, 3.05) is 13.2 Å². The third kappa shape index (κ3) is 4.58. The molecule has 0 aliphatic rings. The molecule has 0 amide bonds. The fourth-order valence-electron chi connectivity index (χ4n) is 2.95. The maximum Gasteiger partial charge on any atom is 0.0821 e. The minimum atomic E-state index is -1.37. The van der Waals surface area contributed by atoms with Crippen LogP contribution < -0.4 is 5.32 Å². The lowest BCUT2D eigenvalue weighted by molar-refractivity contribution is 0.342. The average molecular weight is 292 g/mol. The van der Waals surface area contributed by atoms with Gasteiger partial charge in [0.2, 0.25) is 0 Å². The normalized spacial score (nSPS) is 12.7. The number of benzene rings is 1. The first-order chi connectivity index (χ1) is 9.72. The van der Waals surface area contributed by atoms with Gasteiger partial charge in [-0.05, 0) is 5.56 Å². The summed E-state index contributed by atoms with van der Waals surface area (Å²) >= 11 is 0. The molecule has 0 saturated heterocycles. The van der Waals surface area contributed by atoms with Crippen molar-refractivity contribution in [1.29, 1.82) is 0 Å². The molecule has 0 bridgehead atoms. The summed E-state index contributed by atoms with van der Waals surface area (Å²) in [6.07, 6.45) is 2.06. The smallest absolute Gasteiger partial charge is 0.0821 e. The Balaban J connectivity index is 2.66. The van der Waals surface area contributed by atoms with Crippen molar-refractivity contribution < 1.29 is 5.11 Å². The summed E-state index contributed by atoms with van der Waals surface area (Å²) in [5.41, 5.74) is 1.31. The van der Waals surface area contributed by atoms with E-state index < -0.39 is 8.07 Å². The van der Waals surface area contributed by atoms with Crippen LogP contribution in [0.1, 0.15) is 26.3 Å². The molecular formula is C17H29NOSi. The lowest BCUT2D eigenvalue weighted by atomic mass is 10.2. The third-order valence-corrected chi connectivity index (χ3v) is 10.3. The summed E-state index contributed by atoms with van der Waals surface area (Å²) in [7, 11) is -1.37. The van der Waals surface area contributed by atoms with Crippen LogP contribution in [-0.4, -0.2) is 26.3 Å². The van der Waals surface area contributed by atoms with E-state index in [1.54, 1.807) is 0 Å². The maximum atomic E-state index is 9.32. The molecule has 1 aromatic carbocycles. The average Bonchev–Trinajstić information content (AvgIpc) is 2.50. The third-order valence-electron chi connectivity index (χ3n) is 4.54. The van der Waals surface area contributed by atoms with Gasteiger partial charge in [-0.25, -0.2) is 0 Å². The Kier molecular flexibility index (Phi) is 7.81. The van der Waals surface area contributed by atoms with E-state index >= 15 is 0 Å². The number of hydrogen-bond donors (Lipinski definition) is 2. The number of aliphatic hydroxyl groups excluding tert-OH is 1. The van der Waals surface area contributed by atoms with Crippen molar-refractivity contribution in [1.82, 2.24) is 5.32 Å². The molecule has 0 aliphatic carbocycles. The van der Waals surface area contributed by atoms with Crippen molar-refractivity contribution >= 4 is 8.07 Å². The van der Waals surface area contributed by atoms with Crippen LogP contribution in [0.25, 0.3) is 0 Å². The summed E-state index contributed by atoms with van der Waals surface area (Å²) in [5, 5.41) is 14.4. The molecule has 2 nitrogen and oxygen atoms in total. The molecule has 0 atom stereocenters. The van der Waals surface area contributed by atoms with Gasteiger partial charge in [0.1, 0.15) is 0 Å². The first-order valence-corrected chi connectivity index (χ1v) is 10.4. The summed E-state index contributed by atoms with van der Waals surface area (Å²) in [4.78, 5) is 0. The Labute approximate surface area is 124 Å². The van der Waals surface area contributed by atoms with Crippen LogP contribution in [0.4, 0.5) is 0 Å². The van der Waals surface area contributed by atoms with Gasteiger partial charge in [-0.2, -0.15) is 0 Å². The van der Waals surface area contributed by atoms with Crippen molar-refractivity contribution in [2.45, 2.75) is 45.4 Å². The Morgan fingerprint density at radius 2 is 1.70 bits per heavy atom. The number of nitrogens with one attached hydrogen (secondary N) is 1. The lowest BCUT2D eigenvalue weighted by Gasteiger charge is -2.32. The van der Waals surface area contributed by atoms with Crippen LogP contribution >= 0.6 is 0 Å². The van der Waals surface area contributed by atoms with Crippen LogP contribution in [0, 0.1) is 0 Å². The maximum absolute atomic E-state index is 9.32. The van der Waals surface area contributed by atoms with E-state index in [9.17, 15) is 5.11 Å². The van der Waals surface area contributed by atoms with Crippen LogP contribution in [0.2, 0.25) is 18.1 Å². The standard InChI is InChI=1S/C17H29NOSi/c1-4-20(5-2,6-3)17(12-13-19)15-18-14-16-10-8-7-9-11-16/h7-12,18-19H,4-6,13-15H2,1-3H3/b17-12+. The second kappa shape index (κ2) is 9.11. The fraction of sp³-hybridized carbons (Fsp3) is 0.529. The van der Waals surface area contributed by atoms with E-state index in [4.69, 9.17) is 0 Å². The molecule has 3 heteroatoms. The first-order valence-electron chi connectivity index (χ1n) is 7.77. The Hall–Kier alpha value is -0.903. The Morgan fingerprint density at radius 1 is 1.10 bits per heavy atom. The first kappa shape index (κ1) is 17.1. The fourth-order valence-corrected chi connectivity index (χ4v) is 6.84. The number of aliphatic hydroxyl groups is 1. The molecule has 0 fully saturated rings. The SMILES string of the molecule is CC[Si](CC)(CC)/C(=C/CO)CNCc1ccccc1. The highest BCUT2D eigenvalue weighted by Crippen LogP contribution is 2.28. The second-order valence-corrected chi connectivity index (χ2v) is 10.7. The van der Waals surface area contributed by atoms with Crippen LogP contribution in [0.3, 0.4) is 0 Å². The molecule has 1 rings (SSSR count). The van der Waals surface area contributed by atoms with Crippen molar-refractivity contribution in [3.8, 4) is 0 Å². The van der Waals surface area contributed by atoms with E-state index in [0.717, 1.165) is 13.1 Å². The van der Waals surface area contributed by atoms with Gasteiger partial charge >= 0.3 is 0 Å². The molecule has 0 aliphatic heterocycles. The summed E-state index contributed by atoms with van der Waals surface area (Å²) in [5.74, 6) is 0. The van der Waals surface area contributed by atoms with Crippen LogP contribution in [0.5, 0.6) is 0 Å². The summed E-state index contributed by atoms with van der Waals surface area (Å²) < 4.78 is 0. The van der Waals surface area contributed by atoms with E-state index in [0.29, 0.717) is 0 Å². The number of rotatable bonds is 9. The Morgan fingerprint density at radius 3 is 2.20 bits per heavy atom. The van der Waals surface area contributed by atoms with E-state index in [-0.39, 0.29) is 6.61 Å². The number of hydrogen-bond acceptors (Lipinski definition) is 2. The highest BCUT2D eigenvalue weighted by molar-refractivity contribution is 6.86. The predicted octanol–water partition coefficient (Wildman–Crippen LogP) is 3.74. The predicted molar refractivity (Wildman–Crippen MR) is 90.5 cm³/mol. The van der Waals surface area contributed by atoms with Crippen LogP contribution in [0.15, 0.2) is 41.6 Å². The van der Waals surface area contributed by atoms with Crippen molar-refractivity contribution in [3.05, 3.63) is 47.2 Å². The quantitative estimate of drug-likeness (QED) is 0.679.